The lowest BCUT2D eigenvalue weighted by Crippen LogP contribution is -2.27. The smallest absolute Gasteiger partial charge is 0.386 e. The van der Waals surface area contributed by atoms with Gasteiger partial charge < -0.3 is 10.2 Å². The van der Waals surface area contributed by atoms with Crippen LogP contribution in [0.15, 0.2) is 0 Å². The SMILES string of the molecule is CCCCCCCCCC(=O)OOC(=O)C(O)CO. The van der Waals surface area contributed by atoms with Gasteiger partial charge >= 0.3 is 11.9 Å². The van der Waals surface area contributed by atoms with E-state index in [0.717, 1.165) is 12.8 Å². The zero-order valence-electron chi connectivity index (χ0n) is 11.5. The molecular formula is C13H24O6. The summed E-state index contributed by atoms with van der Waals surface area (Å²) in [5, 5.41) is 17.3. The Kier molecular flexibility index (Phi) is 11.2. The van der Waals surface area contributed by atoms with E-state index in [-0.39, 0.29) is 6.42 Å². The lowest BCUT2D eigenvalue weighted by Gasteiger charge is -2.06. The summed E-state index contributed by atoms with van der Waals surface area (Å²) >= 11 is 0. The van der Waals surface area contributed by atoms with Gasteiger partial charge in [0.05, 0.1) is 13.0 Å². The Hall–Kier alpha value is -1.14. The van der Waals surface area contributed by atoms with Crippen LogP contribution in [-0.4, -0.2) is 34.9 Å². The van der Waals surface area contributed by atoms with Crippen LogP contribution in [0.4, 0.5) is 0 Å². The Balaban J connectivity index is 3.42. The first-order chi connectivity index (χ1) is 9.11. The molecular weight excluding hydrogens is 252 g/mol. The number of aliphatic hydroxyl groups is 2. The molecule has 0 aromatic rings. The quantitative estimate of drug-likeness (QED) is 0.356. The fourth-order valence-electron chi connectivity index (χ4n) is 1.49. The van der Waals surface area contributed by atoms with Gasteiger partial charge in [0, 0.05) is 0 Å². The zero-order chi connectivity index (χ0) is 14.5. The summed E-state index contributed by atoms with van der Waals surface area (Å²) in [6, 6.07) is 0. The maximum atomic E-state index is 11.2. The highest BCUT2D eigenvalue weighted by Gasteiger charge is 2.18. The molecule has 112 valence electrons. The Bertz CT molecular complexity index is 254. The summed E-state index contributed by atoms with van der Waals surface area (Å²) < 4.78 is 0. The number of unbranched alkanes of at least 4 members (excludes halogenated alkanes) is 6. The molecule has 0 aliphatic carbocycles. The Labute approximate surface area is 113 Å². The van der Waals surface area contributed by atoms with Gasteiger partial charge in [0.1, 0.15) is 0 Å². The van der Waals surface area contributed by atoms with E-state index in [2.05, 4.69) is 16.7 Å². The van der Waals surface area contributed by atoms with E-state index in [1.165, 1.54) is 25.7 Å². The second kappa shape index (κ2) is 11.9. The van der Waals surface area contributed by atoms with Crippen LogP contribution in [0.1, 0.15) is 58.3 Å². The van der Waals surface area contributed by atoms with E-state index in [9.17, 15) is 9.59 Å². The molecule has 0 amide bonds. The first kappa shape index (κ1) is 17.9. The van der Waals surface area contributed by atoms with Crippen molar-refractivity contribution in [2.24, 2.45) is 0 Å². The summed E-state index contributed by atoms with van der Waals surface area (Å²) in [6.45, 7) is 1.39. The molecule has 0 heterocycles. The van der Waals surface area contributed by atoms with Gasteiger partial charge in [-0.15, -0.1) is 0 Å². The van der Waals surface area contributed by atoms with Crippen molar-refractivity contribution in [1.29, 1.82) is 0 Å². The lowest BCUT2D eigenvalue weighted by atomic mass is 10.1. The minimum atomic E-state index is -1.67. The van der Waals surface area contributed by atoms with Gasteiger partial charge in [-0.1, -0.05) is 45.4 Å². The van der Waals surface area contributed by atoms with Crippen LogP contribution in [0, 0.1) is 0 Å². The third kappa shape index (κ3) is 10.5. The van der Waals surface area contributed by atoms with Gasteiger partial charge in [0.2, 0.25) is 0 Å². The monoisotopic (exact) mass is 276 g/mol. The van der Waals surface area contributed by atoms with Crippen molar-refractivity contribution in [3.63, 3.8) is 0 Å². The normalized spacial score (nSPS) is 11.9. The fraction of sp³-hybridized carbons (Fsp3) is 0.846. The van der Waals surface area contributed by atoms with Crippen LogP contribution in [0.25, 0.3) is 0 Å². The van der Waals surface area contributed by atoms with E-state index < -0.39 is 24.6 Å². The molecule has 6 heteroatoms. The first-order valence-electron chi connectivity index (χ1n) is 6.82. The summed E-state index contributed by atoms with van der Waals surface area (Å²) in [4.78, 5) is 30.3. The summed E-state index contributed by atoms with van der Waals surface area (Å²) in [6.07, 6.45) is 6.04. The highest BCUT2D eigenvalue weighted by atomic mass is 17.2. The molecule has 0 saturated carbocycles. The minimum Gasteiger partial charge on any atom is -0.393 e. The van der Waals surface area contributed by atoms with Crippen LogP contribution in [-0.2, 0) is 19.4 Å². The number of carbonyl (C=O) groups is 2. The van der Waals surface area contributed by atoms with Crippen molar-refractivity contribution in [2.75, 3.05) is 6.61 Å². The highest BCUT2D eigenvalue weighted by Crippen LogP contribution is 2.08. The molecule has 0 bridgehead atoms. The minimum absolute atomic E-state index is 0.177. The van der Waals surface area contributed by atoms with Gasteiger partial charge in [-0.3, -0.25) is 0 Å². The van der Waals surface area contributed by atoms with Crippen LogP contribution in [0.5, 0.6) is 0 Å². The maximum absolute atomic E-state index is 11.2. The number of rotatable bonds is 10. The molecule has 0 aliphatic heterocycles. The number of hydrogen-bond donors (Lipinski definition) is 2. The molecule has 19 heavy (non-hydrogen) atoms. The van der Waals surface area contributed by atoms with Crippen LogP contribution < -0.4 is 0 Å². The number of carbonyl (C=O) groups excluding carboxylic acids is 2. The van der Waals surface area contributed by atoms with Gasteiger partial charge in [-0.05, 0) is 6.42 Å². The number of hydrogen-bond acceptors (Lipinski definition) is 6. The van der Waals surface area contributed by atoms with Gasteiger partial charge in [-0.25, -0.2) is 19.4 Å². The largest absolute Gasteiger partial charge is 0.393 e. The Morgan fingerprint density at radius 2 is 1.58 bits per heavy atom. The molecule has 0 aromatic carbocycles. The predicted octanol–water partition coefficient (Wildman–Crippen LogP) is 1.48. The van der Waals surface area contributed by atoms with Crippen molar-refractivity contribution in [3.05, 3.63) is 0 Å². The van der Waals surface area contributed by atoms with E-state index >= 15 is 0 Å². The fourth-order valence-corrected chi connectivity index (χ4v) is 1.49. The van der Waals surface area contributed by atoms with Crippen LogP contribution >= 0.6 is 0 Å². The number of aliphatic hydroxyl groups excluding tert-OH is 2. The standard InChI is InChI=1S/C13H24O6/c1-2-3-4-5-6-7-8-9-12(16)18-19-13(17)11(15)10-14/h11,14-15H,2-10H2,1H3. The Morgan fingerprint density at radius 3 is 2.16 bits per heavy atom. The Morgan fingerprint density at radius 1 is 1.00 bits per heavy atom. The molecule has 0 aliphatic rings. The molecule has 0 rings (SSSR count). The van der Waals surface area contributed by atoms with Gasteiger partial charge in [0.15, 0.2) is 6.10 Å². The summed E-state index contributed by atoms with van der Waals surface area (Å²) in [5.41, 5.74) is 0. The van der Waals surface area contributed by atoms with E-state index in [1.807, 2.05) is 0 Å². The molecule has 6 nitrogen and oxygen atoms in total. The lowest BCUT2D eigenvalue weighted by molar-refractivity contribution is -0.265. The van der Waals surface area contributed by atoms with Crippen molar-refractivity contribution < 1.29 is 29.6 Å². The molecule has 1 unspecified atom stereocenters. The van der Waals surface area contributed by atoms with E-state index in [1.54, 1.807) is 0 Å². The molecule has 0 fully saturated rings. The summed E-state index contributed by atoms with van der Waals surface area (Å²) in [5.74, 6) is -1.82. The van der Waals surface area contributed by atoms with E-state index in [4.69, 9.17) is 10.2 Å². The predicted molar refractivity (Wildman–Crippen MR) is 67.9 cm³/mol. The van der Waals surface area contributed by atoms with Crippen molar-refractivity contribution in [3.8, 4) is 0 Å². The first-order valence-corrected chi connectivity index (χ1v) is 6.82. The van der Waals surface area contributed by atoms with Crippen molar-refractivity contribution >= 4 is 11.9 Å². The van der Waals surface area contributed by atoms with Crippen LogP contribution in [0.2, 0.25) is 0 Å². The average Bonchev–Trinajstić information content (AvgIpc) is 2.42. The van der Waals surface area contributed by atoms with Gasteiger partial charge in [-0.2, -0.15) is 0 Å². The third-order valence-corrected chi connectivity index (χ3v) is 2.65. The maximum Gasteiger partial charge on any atom is 0.386 e. The molecule has 0 aromatic heterocycles. The molecule has 0 saturated heterocycles. The van der Waals surface area contributed by atoms with Crippen LogP contribution in [0.3, 0.4) is 0 Å². The average molecular weight is 276 g/mol. The second-order valence-electron chi connectivity index (χ2n) is 4.43. The molecule has 1 atom stereocenters. The molecule has 2 N–H and O–H groups in total. The molecule has 0 spiro atoms. The molecule has 0 radical (unpaired) electrons. The summed E-state index contributed by atoms with van der Waals surface area (Å²) in [7, 11) is 0. The van der Waals surface area contributed by atoms with E-state index in [0.29, 0.717) is 6.42 Å². The third-order valence-electron chi connectivity index (χ3n) is 2.65. The zero-order valence-corrected chi connectivity index (χ0v) is 11.5. The van der Waals surface area contributed by atoms with Crippen molar-refractivity contribution in [1.82, 2.24) is 0 Å². The van der Waals surface area contributed by atoms with Gasteiger partial charge in [0.25, 0.3) is 0 Å². The van der Waals surface area contributed by atoms with Crippen molar-refractivity contribution in [2.45, 2.75) is 64.4 Å². The highest BCUT2D eigenvalue weighted by molar-refractivity contribution is 5.75. The topological polar surface area (TPSA) is 93.1 Å². The second-order valence-corrected chi connectivity index (χ2v) is 4.43.